The number of halogens is 3. The average molecular weight is 540 g/mol. The van der Waals surface area contributed by atoms with Crippen LogP contribution in [0.3, 0.4) is 0 Å². The molecule has 0 bridgehead atoms. The van der Waals surface area contributed by atoms with Crippen molar-refractivity contribution in [2.75, 3.05) is 18.4 Å². The molecule has 0 fully saturated rings. The number of anilines is 1. The Balaban J connectivity index is 1.61. The van der Waals surface area contributed by atoms with Crippen molar-refractivity contribution in [2.45, 2.75) is 0 Å². The van der Waals surface area contributed by atoms with Crippen LogP contribution in [0.4, 0.5) is 5.95 Å². The SMILES string of the molecule is C=CCN(CC(=O)Nc1nc(-c2ccc(Cl)cc2)cn1-c1cccc(Cl)c1)C(=O)c1ccc(Cl)cc1. The van der Waals surface area contributed by atoms with Gasteiger partial charge in [-0.25, -0.2) is 4.98 Å². The van der Waals surface area contributed by atoms with Gasteiger partial charge in [0.2, 0.25) is 11.9 Å². The Kier molecular flexibility index (Phi) is 8.10. The number of benzene rings is 3. The minimum atomic E-state index is -0.421. The number of nitrogens with zero attached hydrogens (tertiary/aromatic N) is 3. The molecule has 36 heavy (non-hydrogen) atoms. The molecule has 2 amide bonds. The van der Waals surface area contributed by atoms with Crippen LogP contribution in [0.1, 0.15) is 10.4 Å². The van der Waals surface area contributed by atoms with E-state index in [1.807, 2.05) is 24.3 Å². The molecule has 1 heterocycles. The monoisotopic (exact) mass is 538 g/mol. The molecule has 4 aromatic rings. The van der Waals surface area contributed by atoms with E-state index in [9.17, 15) is 9.59 Å². The van der Waals surface area contributed by atoms with E-state index >= 15 is 0 Å². The number of carbonyl (C=O) groups is 2. The minimum absolute atomic E-state index is 0.188. The fraction of sp³-hybridized carbons (Fsp3) is 0.0741. The molecule has 0 saturated heterocycles. The second kappa shape index (κ2) is 11.4. The summed E-state index contributed by atoms with van der Waals surface area (Å²) in [4.78, 5) is 32.1. The molecule has 6 nitrogen and oxygen atoms in total. The molecule has 0 atom stereocenters. The summed E-state index contributed by atoms with van der Waals surface area (Å²) < 4.78 is 1.73. The van der Waals surface area contributed by atoms with Crippen LogP contribution in [0.25, 0.3) is 16.9 Å². The van der Waals surface area contributed by atoms with E-state index in [1.54, 1.807) is 65.4 Å². The molecule has 9 heteroatoms. The Hall–Kier alpha value is -3.58. The van der Waals surface area contributed by atoms with Crippen LogP contribution in [0.5, 0.6) is 0 Å². The van der Waals surface area contributed by atoms with Crippen molar-refractivity contribution in [3.63, 3.8) is 0 Å². The van der Waals surface area contributed by atoms with Gasteiger partial charge in [0.1, 0.15) is 6.54 Å². The number of carbonyl (C=O) groups excluding carboxylic acids is 2. The fourth-order valence-corrected chi connectivity index (χ4v) is 3.98. The number of amides is 2. The first-order valence-corrected chi connectivity index (χ1v) is 12.0. The maximum Gasteiger partial charge on any atom is 0.254 e. The summed E-state index contributed by atoms with van der Waals surface area (Å²) >= 11 is 18.2. The molecule has 0 radical (unpaired) electrons. The highest BCUT2D eigenvalue weighted by Crippen LogP contribution is 2.26. The Morgan fingerprint density at radius 3 is 2.25 bits per heavy atom. The Bertz CT molecular complexity index is 1400. The normalized spacial score (nSPS) is 10.6. The number of aromatic nitrogens is 2. The number of hydrogen-bond donors (Lipinski definition) is 1. The second-order valence-corrected chi connectivity index (χ2v) is 9.15. The lowest BCUT2D eigenvalue weighted by Crippen LogP contribution is -2.38. The minimum Gasteiger partial charge on any atom is -0.326 e. The van der Waals surface area contributed by atoms with Crippen LogP contribution in [-0.4, -0.2) is 39.4 Å². The van der Waals surface area contributed by atoms with Crippen LogP contribution in [-0.2, 0) is 4.79 Å². The third-order valence-corrected chi connectivity index (χ3v) is 5.98. The molecule has 4 rings (SSSR count). The number of rotatable bonds is 8. The zero-order chi connectivity index (χ0) is 25.7. The zero-order valence-electron chi connectivity index (χ0n) is 19.0. The van der Waals surface area contributed by atoms with Gasteiger partial charge in [-0.05, 0) is 54.6 Å². The summed E-state index contributed by atoms with van der Waals surface area (Å²) in [6.45, 7) is 3.69. The third kappa shape index (κ3) is 6.15. The van der Waals surface area contributed by atoms with Crippen LogP contribution < -0.4 is 5.32 Å². The van der Waals surface area contributed by atoms with Crippen molar-refractivity contribution in [1.82, 2.24) is 14.5 Å². The molecular formula is C27H21Cl3N4O2. The summed E-state index contributed by atoms with van der Waals surface area (Å²) in [5.74, 6) is -0.456. The van der Waals surface area contributed by atoms with E-state index < -0.39 is 5.91 Å². The molecule has 0 aliphatic heterocycles. The van der Waals surface area contributed by atoms with Gasteiger partial charge in [-0.1, -0.05) is 59.1 Å². The number of hydrogen-bond acceptors (Lipinski definition) is 3. The van der Waals surface area contributed by atoms with Gasteiger partial charge in [0.15, 0.2) is 0 Å². The quantitative estimate of drug-likeness (QED) is 0.251. The highest BCUT2D eigenvalue weighted by molar-refractivity contribution is 6.31. The van der Waals surface area contributed by atoms with Gasteiger partial charge in [-0.2, -0.15) is 0 Å². The summed E-state index contributed by atoms with van der Waals surface area (Å²) in [6, 6.07) is 20.9. The van der Waals surface area contributed by atoms with Crippen LogP contribution in [0.15, 0.2) is 91.6 Å². The van der Waals surface area contributed by atoms with Crippen molar-refractivity contribution in [1.29, 1.82) is 0 Å². The topological polar surface area (TPSA) is 67.2 Å². The van der Waals surface area contributed by atoms with Crippen molar-refractivity contribution in [2.24, 2.45) is 0 Å². The lowest BCUT2D eigenvalue weighted by Gasteiger charge is -2.21. The molecule has 0 saturated carbocycles. The summed E-state index contributed by atoms with van der Waals surface area (Å²) in [5.41, 5.74) is 2.58. The molecule has 0 aliphatic carbocycles. The largest absolute Gasteiger partial charge is 0.326 e. The van der Waals surface area contributed by atoms with Crippen LogP contribution >= 0.6 is 34.8 Å². The molecule has 0 spiro atoms. The van der Waals surface area contributed by atoms with E-state index in [1.165, 1.54) is 4.90 Å². The van der Waals surface area contributed by atoms with E-state index in [0.29, 0.717) is 32.0 Å². The van der Waals surface area contributed by atoms with Gasteiger partial charge in [0, 0.05) is 44.6 Å². The van der Waals surface area contributed by atoms with Crippen LogP contribution in [0, 0.1) is 0 Å². The molecule has 182 valence electrons. The third-order valence-electron chi connectivity index (χ3n) is 5.25. The summed E-state index contributed by atoms with van der Waals surface area (Å²) in [5, 5.41) is 4.49. The Morgan fingerprint density at radius 1 is 0.944 bits per heavy atom. The van der Waals surface area contributed by atoms with Gasteiger partial charge in [-0.15, -0.1) is 6.58 Å². The van der Waals surface area contributed by atoms with Crippen molar-refractivity contribution in [3.8, 4) is 16.9 Å². The van der Waals surface area contributed by atoms with Gasteiger partial charge in [0.05, 0.1) is 5.69 Å². The van der Waals surface area contributed by atoms with E-state index in [0.717, 1.165) is 5.56 Å². The molecule has 0 aliphatic rings. The predicted molar refractivity (Wildman–Crippen MR) is 145 cm³/mol. The van der Waals surface area contributed by atoms with Crippen molar-refractivity contribution >= 4 is 52.6 Å². The second-order valence-electron chi connectivity index (χ2n) is 7.84. The smallest absolute Gasteiger partial charge is 0.254 e. The van der Waals surface area contributed by atoms with E-state index in [4.69, 9.17) is 34.8 Å². The number of imidazole rings is 1. The van der Waals surface area contributed by atoms with E-state index in [2.05, 4.69) is 16.9 Å². The van der Waals surface area contributed by atoms with Gasteiger partial charge in [0.25, 0.3) is 5.91 Å². The van der Waals surface area contributed by atoms with Gasteiger partial charge < -0.3 is 4.90 Å². The molecular weight excluding hydrogens is 519 g/mol. The van der Waals surface area contributed by atoms with Crippen LogP contribution in [0.2, 0.25) is 15.1 Å². The maximum absolute atomic E-state index is 13.1. The lowest BCUT2D eigenvalue weighted by molar-refractivity contribution is -0.116. The fourth-order valence-electron chi connectivity index (χ4n) is 3.54. The molecule has 1 aromatic heterocycles. The molecule has 0 unspecified atom stereocenters. The lowest BCUT2D eigenvalue weighted by atomic mass is 10.2. The highest BCUT2D eigenvalue weighted by atomic mass is 35.5. The highest BCUT2D eigenvalue weighted by Gasteiger charge is 2.20. The molecule has 3 aromatic carbocycles. The summed E-state index contributed by atoms with van der Waals surface area (Å²) in [6.07, 6.45) is 3.36. The Labute approximate surface area is 223 Å². The maximum atomic E-state index is 13.1. The number of nitrogens with one attached hydrogen (secondary N) is 1. The zero-order valence-corrected chi connectivity index (χ0v) is 21.3. The first kappa shape index (κ1) is 25.5. The first-order chi connectivity index (χ1) is 17.3. The van der Waals surface area contributed by atoms with Gasteiger partial charge >= 0.3 is 0 Å². The average Bonchev–Trinajstić information content (AvgIpc) is 3.28. The van der Waals surface area contributed by atoms with Crippen molar-refractivity contribution < 1.29 is 9.59 Å². The molecule has 1 N–H and O–H groups in total. The standard InChI is InChI=1S/C27H21Cl3N4O2/c1-2-14-33(26(36)19-8-12-21(29)13-9-19)17-25(35)32-27-31-24(18-6-10-20(28)11-7-18)16-34(27)23-5-3-4-22(30)15-23/h2-13,15-16H,1,14,17H2,(H,31,32,35). The van der Waals surface area contributed by atoms with E-state index in [-0.39, 0.29) is 24.9 Å². The summed E-state index contributed by atoms with van der Waals surface area (Å²) in [7, 11) is 0. The Morgan fingerprint density at radius 2 is 1.61 bits per heavy atom. The first-order valence-electron chi connectivity index (χ1n) is 10.9. The predicted octanol–water partition coefficient (Wildman–Crippen LogP) is 6.77. The van der Waals surface area contributed by atoms with Gasteiger partial charge in [-0.3, -0.25) is 19.5 Å². The van der Waals surface area contributed by atoms with Crippen molar-refractivity contribution in [3.05, 3.63) is 112 Å².